The third kappa shape index (κ3) is 2.63. The number of pyridine rings is 2. The number of rotatable bonds is 4. The Morgan fingerprint density at radius 1 is 1.21 bits per heavy atom. The van der Waals surface area contributed by atoms with Gasteiger partial charge in [0.25, 0.3) is 0 Å². The van der Waals surface area contributed by atoms with Crippen LogP contribution in [-0.4, -0.2) is 14.4 Å². The van der Waals surface area contributed by atoms with Crippen LogP contribution in [0.1, 0.15) is 24.2 Å². The molecular weight excluding hydrogens is 236 g/mol. The molecule has 19 heavy (non-hydrogen) atoms. The monoisotopic (exact) mass is 252 g/mol. The summed E-state index contributed by atoms with van der Waals surface area (Å²) in [5.74, 6) is 0. The van der Waals surface area contributed by atoms with Crippen LogP contribution in [0.2, 0.25) is 0 Å². The van der Waals surface area contributed by atoms with Gasteiger partial charge in [-0.3, -0.25) is 4.98 Å². The second kappa shape index (κ2) is 5.20. The topological polar surface area (TPSA) is 42.2 Å². The maximum absolute atomic E-state index is 4.57. The lowest BCUT2D eigenvalue weighted by Crippen LogP contribution is -2.18. The van der Waals surface area contributed by atoms with Crippen LogP contribution in [0.25, 0.3) is 5.65 Å². The van der Waals surface area contributed by atoms with Gasteiger partial charge in [-0.2, -0.15) is 0 Å². The zero-order valence-corrected chi connectivity index (χ0v) is 10.8. The first-order chi connectivity index (χ1) is 9.33. The molecule has 3 aromatic rings. The van der Waals surface area contributed by atoms with E-state index in [4.69, 9.17) is 0 Å². The fourth-order valence-electron chi connectivity index (χ4n) is 2.10. The third-order valence-corrected chi connectivity index (χ3v) is 3.21. The second-order valence-electron chi connectivity index (χ2n) is 4.58. The highest BCUT2D eigenvalue weighted by molar-refractivity contribution is 5.39. The SMILES string of the molecule is CC(NCc1cn2ccccc2n1)c1ccncc1. The molecule has 3 rings (SSSR count). The summed E-state index contributed by atoms with van der Waals surface area (Å²) in [7, 11) is 0. The van der Waals surface area contributed by atoms with Crippen LogP contribution in [0.3, 0.4) is 0 Å². The van der Waals surface area contributed by atoms with E-state index in [1.165, 1.54) is 5.56 Å². The van der Waals surface area contributed by atoms with Crippen molar-refractivity contribution >= 4 is 5.65 Å². The van der Waals surface area contributed by atoms with Crippen molar-refractivity contribution in [3.63, 3.8) is 0 Å². The van der Waals surface area contributed by atoms with Crippen LogP contribution < -0.4 is 5.32 Å². The number of nitrogens with zero attached hydrogens (tertiary/aromatic N) is 3. The van der Waals surface area contributed by atoms with Gasteiger partial charge in [0.1, 0.15) is 5.65 Å². The Balaban J connectivity index is 1.69. The van der Waals surface area contributed by atoms with Gasteiger partial charge in [0.05, 0.1) is 5.69 Å². The Morgan fingerprint density at radius 2 is 2.05 bits per heavy atom. The molecule has 0 aromatic carbocycles. The number of aromatic nitrogens is 3. The quantitative estimate of drug-likeness (QED) is 0.776. The van der Waals surface area contributed by atoms with Crippen LogP contribution in [0.5, 0.6) is 0 Å². The third-order valence-electron chi connectivity index (χ3n) is 3.21. The van der Waals surface area contributed by atoms with Crippen molar-refractivity contribution in [3.05, 3.63) is 66.4 Å². The molecule has 0 amide bonds. The molecule has 96 valence electrons. The molecule has 4 heteroatoms. The summed E-state index contributed by atoms with van der Waals surface area (Å²) >= 11 is 0. The molecule has 0 aliphatic carbocycles. The zero-order valence-electron chi connectivity index (χ0n) is 10.8. The van der Waals surface area contributed by atoms with E-state index < -0.39 is 0 Å². The van der Waals surface area contributed by atoms with Gasteiger partial charge in [-0.15, -0.1) is 0 Å². The van der Waals surface area contributed by atoms with Crippen molar-refractivity contribution in [1.82, 2.24) is 19.7 Å². The number of hydrogen-bond acceptors (Lipinski definition) is 3. The van der Waals surface area contributed by atoms with Gasteiger partial charge in [-0.05, 0) is 36.8 Å². The predicted octanol–water partition coefficient (Wildman–Crippen LogP) is 2.58. The number of imidazole rings is 1. The smallest absolute Gasteiger partial charge is 0.137 e. The molecule has 0 fully saturated rings. The summed E-state index contributed by atoms with van der Waals surface area (Å²) < 4.78 is 2.04. The maximum Gasteiger partial charge on any atom is 0.137 e. The van der Waals surface area contributed by atoms with E-state index in [2.05, 4.69) is 28.4 Å². The summed E-state index contributed by atoms with van der Waals surface area (Å²) in [6.45, 7) is 2.90. The summed E-state index contributed by atoms with van der Waals surface area (Å²) in [6, 6.07) is 10.4. The van der Waals surface area contributed by atoms with E-state index in [9.17, 15) is 0 Å². The molecule has 4 nitrogen and oxygen atoms in total. The van der Waals surface area contributed by atoms with E-state index in [1.807, 2.05) is 53.3 Å². The Labute approximate surface area is 112 Å². The largest absolute Gasteiger partial charge is 0.307 e. The van der Waals surface area contributed by atoms with Crippen LogP contribution >= 0.6 is 0 Å². The van der Waals surface area contributed by atoms with Crippen LogP contribution in [0.15, 0.2) is 55.1 Å². The molecule has 0 saturated carbocycles. The highest BCUT2D eigenvalue weighted by atomic mass is 15.0. The molecule has 1 N–H and O–H groups in total. The van der Waals surface area contributed by atoms with E-state index in [-0.39, 0.29) is 6.04 Å². The van der Waals surface area contributed by atoms with Gasteiger partial charge >= 0.3 is 0 Å². The van der Waals surface area contributed by atoms with E-state index in [0.717, 1.165) is 17.9 Å². The first kappa shape index (κ1) is 11.9. The Hall–Kier alpha value is -2.20. The summed E-state index contributed by atoms with van der Waals surface area (Å²) in [4.78, 5) is 8.60. The molecule has 0 bridgehead atoms. The van der Waals surface area contributed by atoms with Crippen molar-refractivity contribution in [2.45, 2.75) is 19.5 Å². The van der Waals surface area contributed by atoms with Crippen molar-refractivity contribution in [1.29, 1.82) is 0 Å². The van der Waals surface area contributed by atoms with Gasteiger partial charge in [0.2, 0.25) is 0 Å². The van der Waals surface area contributed by atoms with Crippen molar-refractivity contribution < 1.29 is 0 Å². The van der Waals surface area contributed by atoms with Gasteiger partial charge in [0, 0.05) is 37.4 Å². The minimum absolute atomic E-state index is 0.285. The molecule has 0 spiro atoms. The van der Waals surface area contributed by atoms with Gasteiger partial charge in [-0.25, -0.2) is 4.98 Å². The van der Waals surface area contributed by atoms with Gasteiger partial charge in [0.15, 0.2) is 0 Å². The maximum atomic E-state index is 4.57. The van der Waals surface area contributed by atoms with Crippen LogP contribution in [0.4, 0.5) is 0 Å². The molecule has 0 saturated heterocycles. The van der Waals surface area contributed by atoms with E-state index >= 15 is 0 Å². The zero-order chi connectivity index (χ0) is 13.1. The minimum atomic E-state index is 0.285. The minimum Gasteiger partial charge on any atom is -0.307 e. The van der Waals surface area contributed by atoms with Gasteiger partial charge < -0.3 is 9.72 Å². The molecule has 3 heterocycles. The molecule has 1 atom stereocenters. The second-order valence-corrected chi connectivity index (χ2v) is 4.58. The molecule has 0 radical (unpaired) electrons. The molecule has 1 unspecified atom stereocenters. The average molecular weight is 252 g/mol. The summed E-state index contributed by atoms with van der Waals surface area (Å²) in [5.41, 5.74) is 3.27. The molecule has 0 aliphatic heterocycles. The predicted molar refractivity (Wildman–Crippen MR) is 74.7 cm³/mol. The van der Waals surface area contributed by atoms with E-state index in [0.29, 0.717) is 0 Å². The molecule has 3 aromatic heterocycles. The number of fused-ring (bicyclic) bond motifs is 1. The summed E-state index contributed by atoms with van der Waals surface area (Å²) in [5, 5.41) is 3.47. The normalized spacial score (nSPS) is 12.7. The first-order valence-corrected chi connectivity index (χ1v) is 6.39. The average Bonchev–Trinajstić information content (AvgIpc) is 2.88. The van der Waals surface area contributed by atoms with E-state index in [1.54, 1.807) is 0 Å². The Bertz CT molecular complexity index is 627. The summed E-state index contributed by atoms with van der Waals surface area (Å²) in [6.07, 6.45) is 7.70. The Kier molecular flexibility index (Phi) is 3.25. The first-order valence-electron chi connectivity index (χ1n) is 6.39. The number of nitrogens with one attached hydrogen (secondary N) is 1. The lowest BCUT2D eigenvalue weighted by atomic mass is 10.1. The lowest BCUT2D eigenvalue weighted by molar-refractivity contribution is 0.568. The van der Waals surface area contributed by atoms with Crippen molar-refractivity contribution in [3.8, 4) is 0 Å². The number of hydrogen-bond donors (Lipinski definition) is 1. The highest BCUT2D eigenvalue weighted by Gasteiger charge is 2.06. The van der Waals surface area contributed by atoms with Crippen LogP contribution in [-0.2, 0) is 6.54 Å². The fourth-order valence-corrected chi connectivity index (χ4v) is 2.10. The standard InChI is InChI=1S/C15H16N4/c1-12(13-5-7-16-8-6-13)17-10-14-11-19-9-3-2-4-15(19)18-14/h2-9,11-12,17H,10H2,1H3. The fraction of sp³-hybridized carbons (Fsp3) is 0.200. The Morgan fingerprint density at radius 3 is 2.84 bits per heavy atom. The van der Waals surface area contributed by atoms with Crippen molar-refractivity contribution in [2.75, 3.05) is 0 Å². The van der Waals surface area contributed by atoms with Crippen molar-refractivity contribution in [2.24, 2.45) is 0 Å². The van der Waals surface area contributed by atoms with Gasteiger partial charge in [-0.1, -0.05) is 6.07 Å². The molecular formula is C15H16N4. The highest BCUT2D eigenvalue weighted by Crippen LogP contribution is 2.11. The lowest BCUT2D eigenvalue weighted by Gasteiger charge is -2.12. The molecule has 0 aliphatic rings. The van der Waals surface area contributed by atoms with Crippen LogP contribution in [0, 0.1) is 0 Å².